The van der Waals surface area contributed by atoms with E-state index in [-0.39, 0.29) is 69.1 Å². The summed E-state index contributed by atoms with van der Waals surface area (Å²) in [6, 6.07) is 13.4. The first kappa shape index (κ1) is 25.0. The third-order valence-electron chi connectivity index (χ3n) is 7.92. The van der Waals surface area contributed by atoms with Gasteiger partial charge in [-0.3, -0.25) is 0 Å². The smallest absolute Gasteiger partial charge is 0.305 e. The van der Waals surface area contributed by atoms with Gasteiger partial charge in [0, 0.05) is 46.9 Å². The van der Waals surface area contributed by atoms with Crippen molar-refractivity contribution in [1.29, 1.82) is 0 Å². The Morgan fingerprint density at radius 3 is 2.07 bits per heavy atom. The highest BCUT2D eigenvalue weighted by Crippen LogP contribution is 2.62. The van der Waals surface area contributed by atoms with E-state index in [1.165, 1.54) is 54.6 Å². The third kappa shape index (κ3) is 3.52. The number of phenolic OH excluding ortho intramolecular Hbond substituents is 6. The van der Waals surface area contributed by atoms with Crippen LogP contribution >= 0.6 is 0 Å². The van der Waals surface area contributed by atoms with Crippen LogP contribution in [0, 0.1) is 0 Å². The SMILES string of the molecule is Oc1ccc([C@]23Oc4cc(O)cc(O)c4[C@H](c4c(cc(O)c5c4O[C@@H](c4ccc(O)c(O)c4)[C@@H](O)C5)O2)[C@H]3O)cc1. The van der Waals surface area contributed by atoms with Gasteiger partial charge in [0.05, 0.1) is 12.0 Å². The maximum Gasteiger partial charge on any atom is 0.305 e. The van der Waals surface area contributed by atoms with Crippen LogP contribution in [0.1, 0.15) is 39.8 Å². The van der Waals surface area contributed by atoms with Crippen molar-refractivity contribution in [3.63, 3.8) is 0 Å². The van der Waals surface area contributed by atoms with Gasteiger partial charge in [-0.25, -0.2) is 0 Å². The number of hydrogen-bond acceptors (Lipinski definition) is 11. The number of rotatable bonds is 2. The summed E-state index contributed by atoms with van der Waals surface area (Å²) in [6.45, 7) is 0. The van der Waals surface area contributed by atoms with Crippen molar-refractivity contribution in [1.82, 2.24) is 0 Å². The topological polar surface area (TPSA) is 190 Å². The predicted octanol–water partition coefficient (Wildman–Crippen LogP) is 3.09. The summed E-state index contributed by atoms with van der Waals surface area (Å²) in [5.41, 5.74) is 1.26. The molecule has 0 saturated heterocycles. The average molecular weight is 561 g/mol. The fourth-order valence-corrected chi connectivity index (χ4v) is 6.04. The minimum absolute atomic E-state index is 0.0224. The fraction of sp³-hybridized carbons (Fsp3) is 0.200. The first-order chi connectivity index (χ1) is 19.6. The molecule has 0 aromatic heterocycles. The molecule has 3 heterocycles. The predicted molar refractivity (Wildman–Crippen MR) is 140 cm³/mol. The summed E-state index contributed by atoms with van der Waals surface area (Å²) in [5.74, 6) is -4.54. The van der Waals surface area contributed by atoms with Crippen molar-refractivity contribution in [3.8, 4) is 51.7 Å². The molecule has 0 fully saturated rings. The Morgan fingerprint density at radius 1 is 0.659 bits per heavy atom. The quantitative estimate of drug-likeness (QED) is 0.168. The van der Waals surface area contributed by atoms with Gasteiger partial charge < -0.3 is 55.1 Å². The molecule has 7 rings (SSSR count). The van der Waals surface area contributed by atoms with Crippen LogP contribution in [0.3, 0.4) is 0 Å². The lowest BCUT2D eigenvalue weighted by molar-refractivity contribution is -0.219. The zero-order chi connectivity index (χ0) is 28.8. The van der Waals surface area contributed by atoms with Crippen LogP contribution in [0.4, 0.5) is 0 Å². The molecule has 0 amide bonds. The van der Waals surface area contributed by atoms with Crippen molar-refractivity contribution >= 4 is 0 Å². The van der Waals surface area contributed by atoms with Crippen LogP contribution in [0.2, 0.25) is 0 Å². The largest absolute Gasteiger partial charge is 0.508 e. The molecular weight excluding hydrogens is 536 g/mol. The van der Waals surface area contributed by atoms with Gasteiger partial charge in [-0.05, 0) is 42.0 Å². The Hall–Kier alpha value is -5.00. The van der Waals surface area contributed by atoms with Crippen molar-refractivity contribution < 1.29 is 55.1 Å². The number of aliphatic hydroxyl groups is 2. The van der Waals surface area contributed by atoms with Crippen molar-refractivity contribution in [2.45, 2.75) is 36.4 Å². The summed E-state index contributed by atoms with van der Waals surface area (Å²) in [4.78, 5) is 0. The van der Waals surface area contributed by atoms with Crippen molar-refractivity contribution in [2.24, 2.45) is 0 Å². The van der Waals surface area contributed by atoms with Gasteiger partial charge in [0.1, 0.15) is 52.5 Å². The molecule has 0 spiro atoms. The summed E-state index contributed by atoms with van der Waals surface area (Å²) in [7, 11) is 0. The first-order valence-electron chi connectivity index (χ1n) is 12.7. The van der Waals surface area contributed by atoms with E-state index in [0.29, 0.717) is 11.1 Å². The molecule has 4 aromatic rings. The van der Waals surface area contributed by atoms with E-state index in [0.717, 1.165) is 6.07 Å². The molecule has 3 aliphatic rings. The number of phenols is 6. The second-order valence-electron chi connectivity index (χ2n) is 10.4. The lowest BCUT2D eigenvalue weighted by Gasteiger charge is -2.50. The third-order valence-corrected chi connectivity index (χ3v) is 7.92. The minimum atomic E-state index is -1.92. The fourth-order valence-electron chi connectivity index (χ4n) is 6.04. The van der Waals surface area contributed by atoms with Gasteiger partial charge in [0.2, 0.25) is 0 Å². The molecule has 8 N–H and O–H groups in total. The number of ether oxygens (including phenoxy) is 3. The number of aliphatic hydroxyl groups excluding tert-OH is 2. The molecule has 0 aliphatic carbocycles. The Kier molecular flexibility index (Phi) is 5.18. The number of aromatic hydroxyl groups is 6. The number of hydrogen-bond donors (Lipinski definition) is 8. The second kappa shape index (κ2) is 8.50. The molecule has 0 saturated carbocycles. The number of benzene rings is 4. The van der Waals surface area contributed by atoms with Gasteiger partial charge in [-0.1, -0.05) is 6.07 Å². The maximum absolute atomic E-state index is 11.9. The Balaban J connectivity index is 1.47. The normalized spacial score (nSPS) is 25.5. The minimum Gasteiger partial charge on any atom is -0.508 e. The Bertz CT molecular complexity index is 1720. The lowest BCUT2D eigenvalue weighted by atomic mass is 9.74. The number of fused-ring (bicyclic) bond motifs is 8. The molecule has 11 nitrogen and oxygen atoms in total. The van der Waals surface area contributed by atoms with E-state index < -0.39 is 35.8 Å². The molecule has 41 heavy (non-hydrogen) atoms. The first-order valence-corrected chi connectivity index (χ1v) is 12.7. The van der Waals surface area contributed by atoms with Gasteiger partial charge in [0.25, 0.3) is 0 Å². The van der Waals surface area contributed by atoms with Gasteiger partial charge in [0.15, 0.2) is 11.5 Å². The van der Waals surface area contributed by atoms with Crippen LogP contribution in [-0.2, 0) is 12.2 Å². The van der Waals surface area contributed by atoms with E-state index in [1.807, 2.05) is 0 Å². The van der Waals surface area contributed by atoms with Crippen LogP contribution < -0.4 is 14.2 Å². The van der Waals surface area contributed by atoms with E-state index in [1.54, 1.807) is 0 Å². The summed E-state index contributed by atoms with van der Waals surface area (Å²) in [6.07, 6.45) is -3.79. The van der Waals surface area contributed by atoms with Crippen molar-refractivity contribution in [3.05, 3.63) is 88.5 Å². The van der Waals surface area contributed by atoms with Crippen molar-refractivity contribution in [2.75, 3.05) is 0 Å². The monoisotopic (exact) mass is 560 g/mol. The molecule has 4 aromatic carbocycles. The molecule has 3 aliphatic heterocycles. The van der Waals surface area contributed by atoms with E-state index in [4.69, 9.17) is 14.2 Å². The van der Waals surface area contributed by atoms with E-state index in [2.05, 4.69) is 0 Å². The standard InChI is InChI=1S/C30H24O11/c31-14-4-2-13(3-5-14)30-29(38)26(24-20(36)8-15(32)9-22(24)40-30)25-23(41-30)11-18(34)16-10-21(37)27(39-28(16)25)12-1-6-17(33)19(35)7-12/h1-9,11,21,26-27,29,31-38H,10H2/t21-,26+,27-,29+,30-/m0/s1. The van der Waals surface area contributed by atoms with Crippen LogP contribution in [0.15, 0.2) is 60.7 Å². The summed E-state index contributed by atoms with van der Waals surface area (Å²) < 4.78 is 18.8. The van der Waals surface area contributed by atoms with Gasteiger partial charge in [-0.2, -0.15) is 0 Å². The van der Waals surface area contributed by atoms with Gasteiger partial charge in [-0.15, -0.1) is 0 Å². The molecule has 11 heteroatoms. The highest BCUT2D eigenvalue weighted by atomic mass is 16.7. The maximum atomic E-state index is 11.9. The highest BCUT2D eigenvalue weighted by molar-refractivity contribution is 5.68. The van der Waals surface area contributed by atoms with E-state index >= 15 is 0 Å². The van der Waals surface area contributed by atoms with Crippen LogP contribution in [0.5, 0.6) is 51.7 Å². The van der Waals surface area contributed by atoms with Crippen LogP contribution in [0.25, 0.3) is 0 Å². The molecular formula is C30H24O11. The zero-order valence-electron chi connectivity index (χ0n) is 21.1. The van der Waals surface area contributed by atoms with E-state index in [9.17, 15) is 40.9 Å². The molecule has 2 bridgehead atoms. The molecule has 5 atom stereocenters. The lowest BCUT2D eigenvalue weighted by Crippen LogP contribution is -2.57. The highest BCUT2D eigenvalue weighted by Gasteiger charge is 2.60. The Labute approximate surface area is 231 Å². The zero-order valence-corrected chi connectivity index (χ0v) is 21.1. The second-order valence-corrected chi connectivity index (χ2v) is 10.4. The summed E-state index contributed by atoms with van der Waals surface area (Å²) >= 11 is 0. The molecule has 0 unspecified atom stereocenters. The van der Waals surface area contributed by atoms with Crippen LogP contribution in [-0.4, -0.2) is 53.1 Å². The molecule has 0 radical (unpaired) electrons. The summed E-state index contributed by atoms with van der Waals surface area (Å²) in [5, 5.41) is 84.8. The Morgan fingerprint density at radius 2 is 1.37 bits per heavy atom. The average Bonchev–Trinajstić information content (AvgIpc) is 2.91. The molecule has 210 valence electrons. The van der Waals surface area contributed by atoms with Gasteiger partial charge >= 0.3 is 5.79 Å².